The molecule has 0 bridgehead atoms. The second-order valence-electron chi connectivity index (χ2n) is 6.32. The number of aromatic nitrogens is 3. The summed E-state index contributed by atoms with van der Waals surface area (Å²) in [5, 5.41) is 13.9. The summed E-state index contributed by atoms with van der Waals surface area (Å²) < 4.78 is 1.82. The van der Waals surface area contributed by atoms with E-state index in [0.717, 1.165) is 22.5 Å². The van der Waals surface area contributed by atoms with Gasteiger partial charge in [-0.15, -0.1) is 10.2 Å². The third-order valence-corrected chi connectivity index (χ3v) is 5.24. The van der Waals surface area contributed by atoms with E-state index in [1.807, 2.05) is 67.9 Å². The van der Waals surface area contributed by atoms with Crippen molar-refractivity contribution in [3.8, 4) is 11.4 Å². The summed E-state index contributed by atoms with van der Waals surface area (Å²) in [5.41, 5.74) is 3.79. The number of rotatable bonds is 5. The van der Waals surface area contributed by atoms with Gasteiger partial charge in [-0.2, -0.15) is 0 Å². The van der Waals surface area contributed by atoms with Gasteiger partial charge in [0, 0.05) is 18.3 Å². The van der Waals surface area contributed by atoms with E-state index < -0.39 is 11.9 Å². The minimum absolute atomic E-state index is 0.0567. The zero-order valence-electron chi connectivity index (χ0n) is 15.9. The summed E-state index contributed by atoms with van der Waals surface area (Å²) in [6, 6.07) is 14.7. The number of nitrogens with one attached hydrogen (secondary N) is 2. The van der Waals surface area contributed by atoms with Crippen LogP contribution in [0.1, 0.15) is 11.1 Å². The number of benzene rings is 2. The first kappa shape index (κ1) is 19.6. The molecule has 7 nitrogen and oxygen atoms in total. The van der Waals surface area contributed by atoms with E-state index in [-0.39, 0.29) is 5.75 Å². The van der Waals surface area contributed by atoms with E-state index in [0.29, 0.717) is 10.8 Å². The number of urea groups is 1. The summed E-state index contributed by atoms with van der Waals surface area (Å²) in [6.45, 7) is 3.96. The van der Waals surface area contributed by atoms with E-state index in [1.54, 1.807) is 6.07 Å². The van der Waals surface area contributed by atoms with Crippen molar-refractivity contribution < 1.29 is 9.59 Å². The van der Waals surface area contributed by atoms with Gasteiger partial charge >= 0.3 is 6.03 Å². The van der Waals surface area contributed by atoms with Gasteiger partial charge in [0.25, 0.3) is 0 Å². The van der Waals surface area contributed by atoms with Gasteiger partial charge in [0.15, 0.2) is 11.0 Å². The van der Waals surface area contributed by atoms with Gasteiger partial charge in [-0.25, -0.2) is 4.79 Å². The number of imide groups is 1. The normalized spacial score (nSPS) is 10.5. The molecule has 2 aromatic carbocycles. The van der Waals surface area contributed by atoms with Crippen LogP contribution in [0.15, 0.2) is 53.7 Å². The molecular weight excluding hydrogens is 374 g/mol. The molecule has 1 aromatic heterocycles. The fourth-order valence-corrected chi connectivity index (χ4v) is 3.26. The van der Waals surface area contributed by atoms with Crippen LogP contribution in [0.5, 0.6) is 0 Å². The minimum atomic E-state index is -0.559. The topological polar surface area (TPSA) is 88.9 Å². The molecule has 0 spiro atoms. The predicted octanol–water partition coefficient (Wildman–Crippen LogP) is 3.54. The van der Waals surface area contributed by atoms with Crippen LogP contribution < -0.4 is 10.6 Å². The number of nitrogens with zero attached hydrogens (tertiary/aromatic N) is 3. The van der Waals surface area contributed by atoms with Crippen LogP contribution in [0.3, 0.4) is 0 Å². The second-order valence-corrected chi connectivity index (χ2v) is 7.26. The molecule has 144 valence electrons. The molecule has 0 saturated carbocycles. The highest BCUT2D eigenvalue weighted by atomic mass is 32.2. The third kappa shape index (κ3) is 4.77. The summed E-state index contributed by atoms with van der Waals surface area (Å²) in [6.07, 6.45) is 0. The van der Waals surface area contributed by atoms with Crippen molar-refractivity contribution in [1.82, 2.24) is 20.1 Å². The highest BCUT2D eigenvalue weighted by molar-refractivity contribution is 7.99. The molecule has 3 aromatic rings. The number of carbonyl (C=O) groups is 2. The summed E-state index contributed by atoms with van der Waals surface area (Å²) in [5.74, 6) is 0.368. The number of hydrogen-bond donors (Lipinski definition) is 2. The lowest BCUT2D eigenvalue weighted by Crippen LogP contribution is -2.35. The predicted molar refractivity (Wildman–Crippen MR) is 110 cm³/mol. The van der Waals surface area contributed by atoms with E-state index in [9.17, 15) is 9.59 Å². The zero-order chi connectivity index (χ0) is 20.1. The maximum Gasteiger partial charge on any atom is 0.325 e. The Kier molecular flexibility index (Phi) is 6.10. The van der Waals surface area contributed by atoms with Crippen LogP contribution in [0, 0.1) is 13.8 Å². The summed E-state index contributed by atoms with van der Waals surface area (Å²) >= 11 is 1.22. The van der Waals surface area contributed by atoms with E-state index in [4.69, 9.17) is 0 Å². The first-order chi connectivity index (χ1) is 13.4. The lowest BCUT2D eigenvalue weighted by Gasteiger charge is -2.08. The molecule has 2 N–H and O–H groups in total. The van der Waals surface area contributed by atoms with Crippen LogP contribution in [0.25, 0.3) is 11.4 Å². The van der Waals surface area contributed by atoms with E-state index >= 15 is 0 Å². The van der Waals surface area contributed by atoms with Crippen molar-refractivity contribution in [3.05, 3.63) is 59.7 Å². The Hall–Kier alpha value is -3.13. The molecule has 3 rings (SSSR count). The summed E-state index contributed by atoms with van der Waals surface area (Å²) in [7, 11) is 1.84. The number of amides is 3. The van der Waals surface area contributed by atoms with E-state index in [1.165, 1.54) is 11.8 Å². The fourth-order valence-electron chi connectivity index (χ4n) is 2.55. The van der Waals surface area contributed by atoms with Crippen molar-refractivity contribution >= 4 is 29.4 Å². The molecule has 0 aliphatic carbocycles. The van der Waals surface area contributed by atoms with Crippen LogP contribution >= 0.6 is 11.8 Å². The molecule has 1 heterocycles. The maximum absolute atomic E-state index is 12.1. The Morgan fingerprint density at radius 2 is 1.79 bits per heavy atom. The van der Waals surface area contributed by atoms with Gasteiger partial charge in [-0.3, -0.25) is 10.1 Å². The highest BCUT2D eigenvalue weighted by Gasteiger charge is 2.14. The van der Waals surface area contributed by atoms with Crippen molar-refractivity contribution in [2.45, 2.75) is 19.0 Å². The maximum atomic E-state index is 12.1. The van der Waals surface area contributed by atoms with Crippen molar-refractivity contribution in [2.24, 2.45) is 7.05 Å². The summed E-state index contributed by atoms with van der Waals surface area (Å²) in [4.78, 5) is 24.1. The lowest BCUT2D eigenvalue weighted by molar-refractivity contribution is -0.117. The zero-order valence-corrected chi connectivity index (χ0v) is 16.7. The molecule has 28 heavy (non-hydrogen) atoms. The molecule has 3 amide bonds. The Morgan fingerprint density at radius 1 is 1.04 bits per heavy atom. The van der Waals surface area contributed by atoms with Gasteiger partial charge < -0.3 is 9.88 Å². The highest BCUT2D eigenvalue weighted by Crippen LogP contribution is 2.22. The number of hydrogen-bond acceptors (Lipinski definition) is 5. The standard InChI is InChI=1S/C20H21N5O2S/c1-13-9-10-16(11-14(13)2)21-19(27)22-17(26)12-28-20-24-23-18(25(20)3)15-7-5-4-6-8-15/h4-11H,12H2,1-3H3,(H2,21,22,26,27). The van der Waals surface area contributed by atoms with Crippen molar-refractivity contribution in [2.75, 3.05) is 11.1 Å². The first-order valence-corrected chi connectivity index (χ1v) is 9.68. The molecule has 0 radical (unpaired) electrons. The van der Waals surface area contributed by atoms with Crippen molar-refractivity contribution in [1.29, 1.82) is 0 Å². The molecule has 8 heteroatoms. The molecular formula is C20H21N5O2S. The second kappa shape index (κ2) is 8.71. The lowest BCUT2D eigenvalue weighted by atomic mass is 10.1. The van der Waals surface area contributed by atoms with Gasteiger partial charge in [0.05, 0.1) is 5.75 Å². The van der Waals surface area contributed by atoms with Gasteiger partial charge in [-0.05, 0) is 37.1 Å². The fraction of sp³-hybridized carbons (Fsp3) is 0.200. The Bertz CT molecular complexity index is 1000. The van der Waals surface area contributed by atoms with Crippen molar-refractivity contribution in [3.63, 3.8) is 0 Å². The minimum Gasteiger partial charge on any atom is -0.308 e. The number of thioether (sulfide) groups is 1. The average molecular weight is 395 g/mol. The Labute approximate surface area is 167 Å². The van der Waals surface area contributed by atoms with Crippen LogP contribution in [0.2, 0.25) is 0 Å². The quantitative estimate of drug-likeness (QED) is 0.645. The molecule has 0 aliphatic rings. The number of anilines is 1. The average Bonchev–Trinajstić information content (AvgIpc) is 3.04. The van der Waals surface area contributed by atoms with Gasteiger partial charge in [0.2, 0.25) is 5.91 Å². The van der Waals surface area contributed by atoms with Crippen LogP contribution in [0.4, 0.5) is 10.5 Å². The largest absolute Gasteiger partial charge is 0.325 e. The Balaban J connectivity index is 1.53. The molecule has 0 atom stereocenters. The smallest absolute Gasteiger partial charge is 0.308 e. The van der Waals surface area contributed by atoms with Gasteiger partial charge in [-0.1, -0.05) is 48.2 Å². The monoisotopic (exact) mass is 395 g/mol. The molecule has 0 saturated heterocycles. The van der Waals surface area contributed by atoms with Gasteiger partial charge in [0.1, 0.15) is 0 Å². The first-order valence-electron chi connectivity index (χ1n) is 8.69. The number of carbonyl (C=O) groups excluding carboxylic acids is 2. The third-order valence-electron chi connectivity index (χ3n) is 4.22. The number of aryl methyl sites for hydroxylation is 2. The van der Waals surface area contributed by atoms with Crippen LogP contribution in [-0.4, -0.2) is 32.5 Å². The molecule has 0 fully saturated rings. The molecule has 0 unspecified atom stereocenters. The molecule has 0 aliphatic heterocycles. The SMILES string of the molecule is Cc1ccc(NC(=O)NC(=O)CSc2nnc(-c3ccccc3)n2C)cc1C. The van der Waals surface area contributed by atoms with E-state index in [2.05, 4.69) is 20.8 Å². The van der Waals surface area contributed by atoms with Crippen LogP contribution in [-0.2, 0) is 11.8 Å². The Morgan fingerprint density at radius 3 is 2.50 bits per heavy atom.